The van der Waals surface area contributed by atoms with E-state index in [9.17, 15) is 0 Å². The van der Waals surface area contributed by atoms with Crippen molar-refractivity contribution in [1.82, 2.24) is 4.90 Å². The molecule has 1 aliphatic carbocycles. The van der Waals surface area contributed by atoms with E-state index in [2.05, 4.69) is 4.90 Å². The minimum absolute atomic E-state index is 0.0724. The van der Waals surface area contributed by atoms with Crippen molar-refractivity contribution >= 4 is 0 Å². The van der Waals surface area contributed by atoms with Crippen LogP contribution < -0.4 is 5.73 Å². The third kappa shape index (κ3) is 6.36. The molecule has 0 bridgehead atoms. The number of hydrogen-bond donors (Lipinski definition) is 2. The zero-order valence-electron chi connectivity index (χ0n) is 11.3. The van der Waals surface area contributed by atoms with Crippen LogP contribution in [0.2, 0.25) is 0 Å². The highest BCUT2D eigenvalue weighted by Gasteiger charge is 2.28. The van der Waals surface area contributed by atoms with Gasteiger partial charge in [-0.2, -0.15) is 0 Å². The highest BCUT2D eigenvalue weighted by atomic mass is 16.5. The van der Waals surface area contributed by atoms with Crippen LogP contribution in [-0.2, 0) is 4.74 Å². The Bertz CT molecular complexity index is 206. The SMILES string of the molecule is COCCN(CCCCC(C)(N)CO)C1CC1. The molecule has 1 rings (SSSR count). The summed E-state index contributed by atoms with van der Waals surface area (Å²) >= 11 is 0. The van der Waals surface area contributed by atoms with E-state index in [0.29, 0.717) is 0 Å². The normalized spacial score (nSPS) is 19.6. The van der Waals surface area contributed by atoms with Crippen molar-refractivity contribution in [2.45, 2.75) is 50.6 Å². The van der Waals surface area contributed by atoms with E-state index >= 15 is 0 Å². The van der Waals surface area contributed by atoms with Crippen molar-refractivity contribution in [2.24, 2.45) is 5.73 Å². The van der Waals surface area contributed by atoms with Gasteiger partial charge in [-0.25, -0.2) is 0 Å². The van der Waals surface area contributed by atoms with Crippen molar-refractivity contribution in [1.29, 1.82) is 0 Å². The molecule has 0 aromatic rings. The minimum Gasteiger partial charge on any atom is -0.394 e. The average molecular weight is 244 g/mol. The van der Waals surface area contributed by atoms with Gasteiger partial charge in [-0.15, -0.1) is 0 Å². The largest absolute Gasteiger partial charge is 0.394 e. The van der Waals surface area contributed by atoms with Crippen LogP contribution in [0.1, 0.15) is 39.0 Å². The fraction of sp³-hybridized carbons (Fsp3) is 1.00. The standard InChI is InChI=1S/C13H28N2O2/c1-13(14,11-16)7-3-4-8-15(9-10-17-2)12-5-6-12/h12,16H,3-11,14H2,1-2H3. The molecule has 0 aliphatic heterocycles. The van der Waals surface area contributed by atoms with E-state index in [-0.39, 0.29) is 6.61 Å². The van der Waals surface area contributed by atoms with Crippen LogP contribution in [0.5, 0.6) is 0 Å². The van der Waals surface area contributed by atoms with E-state index in [1.54, 1.807) is 7.11 Å². The van der Waals surface area contributed by atoms with E-state index in [1.165, 1.54) is 12.8 Å². The number of methoxy groups -OCH3 is 1. The van der Waals surface area contributed by atoms with Crippen LogP contribution in [0.4, 0.5) is 0 Å². The van der Waals surface area contributed by atoms with Gasteiger partial charge in [0.25, 0.3) is 0 Å². The number of hydrogen-bond acceptors (Lipinski definition) is 4. The monoisotopic (exact) mass is 244 g/mol. The van der Waals surface area contributed by atoms with Gasteiger partial charge in [-0.05, 0) is 39.2 Å². The van der Waals surface area contributed by atoms with Crippen LogP contribution >= 0.6 is 0 Å². The quantitative estimate of drug-likeness (QED) is 0.562. The number of aliphatic hydroxyl groups excluding tert-OH is 1. The summed E-state index contributed by atoms with van der Waals surface area (Å²) in [5.41, 5.74) is 5.50. The molecule has 1 atom stereocenters. The van der Waals surface area contributed by atoms with Gasteiger partial charge in [0.2, 0.25) is 0 Å². The third-order valence-corrected chi connectivity index (χ3v) is 3.45. The fourth-order valence-electron chi connectivity index (χ4n) is 2.05. The number of nitrogens with two attached hydrogens (primary N) is 1. The Kier molecular flexibility index (Phi) is 6.41. The maximum absolute atomic E-state index is 9.06. The van der Waals surface area contributed by atoms with E-state index in [4.69, 9.17) is 15.6 Å². The molecule has 0 heterocycles. The molecule has 4 nitrogen and oxygen atoms in total. The van der Waals surface area contributed by atoms with E-state index in [1.807, 2.05) is 6.92 Å². The minimum atomic E-state index is -0.406. The van der Waals surface area contributed by atoms with Crippen molar-refractivity contribution in [3.8, 4) is 0 Å². The zero-order chi connectivity index (χ0) is 12.7. The van der Waals surface area contributed by atoms with Crippen LogP contribution in [0, 0.1) is 0 Å². The molecule has 4 heteroatoms. The van der Waals surface area contributed by atoms with Crippen molar-refractivity contribution in [3.63, 3.8) is 0 Å². The van der Waals surface area contributed by atoms with Crippen LogP contribution in [-0.4, -0.2) is 55.0 Å². The Morgan fingerprint density at radius 3 is 2.59 bits per heavy atom. The van der Waals surface area contributed by atoms with E-state index < -0.39 is 5.54 Å². The lowest BCUT2D eigenvalue weighted by Crippen LogP contribution is -2.40. The maximum atomic E-state index is 9.06. The molecule has 1 saturated carbocycles. The molecule has 1 fully saturated rings. The molecule has 0 saturated heterocycles. The lowest BCUT2D eigenvalue weighted by atomic mass is 9.97. The number of aliphatic hydroxyl groups is 1. The van der Waals surface area contributed by atoms with Gasteiger partial charge in [-0.3, -0.25) is 4.90 Å². The van der Waals surface area contributed by atoms with Gasteiger partial charge in [0.15, 0.2) is 0 Å². The Hall–Kier alpha value is -0.160. The first-order valence-corrected chi connectivity index (χ1v) is 6.72. The Morgan fingerprint density at radius 2 is 2.06 bits per heavy atom. The van der Waals surface area contributed by atoms with Gasteiger partial charge in [-0.1, -0.05) is 6.42 Å². The second-order valence-corrected chi connectivity index (χ2v) is 5.53. The predicted octanol–water partition coefficient (Wildman–Crippen LogP) is 0.977. The van der Waals surface area contributed by atoms with Gasteiger partial charge in [0, 0.05) is 25.2 Å². The number of rotatable bonds is 10. The molecule has 102 valence electrons. The number of unbranched alkanes of at least 4 members (excludes halogenated alkanes) is 1. The predicted molar refractivity (Wildman–Crippen MR) is 70.0 cm³/mol. The summed E-state index contributed by atoms with van der Waals surface area (Å²) in [6.45, 7) is 4.98. The van der Waals surface area contributed by atoms with Crippen molar-refractivity contribution in [3.05, 3.63) is 0 Å². The van der Waals surface area contributed by atoms with E-state index in [0.717, 1.165) is 45.0 Å². The molecule has 0 amide bonds. The highest BCUT2D eigenvalue weighted by Crippen LogP contribution is 2.27. The molecule has 0 spiro atoms. The van der Waals surface area contributed by atoms with Gasteiger partial charge >= 0.3 is 0 Å². The summed E-state index contributed by atoms with van der Waals surface area (Å²) in [4.78, 5) is 2.52. The maximum Gasteiger partial charge on any atom is 0.0608 e. The first-order valence-electron chi connectivity index (χ1n) is 6.72. The third-order valence-electron chi connectivity index (χ3n) is 3.45. The molecular formula is C13H28N2O2. The molecule has 1 aliphatic rings. The van der Waals surface area contributed by atoms with Gasteiger partial charge < -0.3 is 15.6 Å². The molecule has 17 heavy (non-hydrogen) atoms. The first-order chi connectivity index (χ1) is 8.09. The number of ether oxygens (including phenoxy) is 1. The summed E-state index contributed by atoms with van der Waals surface area (Å²) < 4.78 is 5.13. The topological polar surface area (TPSA) is 58.7 Å². The number of nitrogens with zero attached hydrogens (tertiary/aromatic N) is 1. The molecule has 0 radical (unpaired) electrons. The Labute approximate surface area is 105 Å². The molecular weight excluding hydrogens is 216 g/mol. The van der Waals surface area contributed by atoms with Crippen molar-refractivity contribution in [2.75, 3.05) is 33.4 Å². The summed E-state index contributed by atoms with van der Waals surface area (Å²) in [7, 11) is 1.76. The molecule has 0 aromatic heterocycles. The fourth-order valence-corrected chi connectivity index (χ4v) is 2.05. The summed E-state index contributed by atoms with van der Waals surface area (Å²) in [6, 6.07) is 0.798. The second-order valence-electron chi connectivity index (χ2n) is 5.53. The lowest BCUT2D eigenvalue weighted by Gasteiger charge is -2.24. The van der Waals surface area contributed by atoms with Gasteiger partial charge in [0.1, 0.15) is 0 Å². The summed E-state index contributed by atoms with van der Waals surface area (Å²) in [5.74, 6) is 0. The van der Waals surface area contributed by atoms with Gasteiger partial charge in [0.05, 0.1) is 13.2 Å². The summed E-state index contributed by atoms with van der Waals surface area (Å²) in [5, 5.41) is 9.06. The Balaban J connectivity index is 2.10. The average Bonchev–Trinajstić information content (AvgIpc) is 3.12. The highest BCUT2D eigenvalue weighted by molar-refractivity contribution is 4.84. The first kappa shape index (κ1) is 14.9. The van der Waals surface area contributed by atoms with Crippen LogP contribution in [0.3, 0.4) is 0 Å². The van der Waals surface area contributed by atoms with Crippen LogP contribution in [0.25, 0.3) is 0 Å². The molecule has 0 aromatic carbocycles. The second kappa shape index (κ2) is 7.31. The van der Waals surface area contributed by atoms with Crippen molar-refractivity contribution < 1.29 is 9.84 Å². The smallest absolute Gasteiger partial charge is 0.0608 e. The Morgan fingerprint density at radius 1 is 1.35 bits per heavy atom. The summed E-state index contributed by atoms with van der Waals surface area (Å²) in [6.07, 6.45) is 5.83. The zero-order valence-corrected chi connectivity index (χ0v) is 11.3. The van der Waals surface area contributed by atoms with Crippen LogP contribution in [0.15, 0.2) is 0 Å². The molecule has 1 unspecified atom stereocenters. The lowest BCUT2D eigenvalue weighted by molar-refractivity contribution is 0.140. The molecule has 3 N–H and O–H groups in total.